The third-order valence-corrected chi connectivity index (χ3v) is 3.23. The fraction of sp³-hybridized carbons (Fsp3) is 0.214. The number of carbonyl (C=O) groups excluding carboxylic acids is 1. The van der Waals surface area contributed by atoms with Crippen LogP contribution in [0.15, 0.2) is 39.8 Å². The zero-order valence-corrected chi connectivity index (χ0v) is 11.8. The Bertz CT molecular complexity index is 883. The van der Waals surface area contributed by atoms with Gasteiger partial charge in [0.05, 0.1) is 18.1 Å². The van der Waals surface area contributed by atoms with Gasteiger partial charge in [-0.15, -0.1) is 5.10 Å². The molecular formula is C14H13N5O3. The smallest absolute Gasteiger partial charge is 0.277 e. The molecule has 0 unspecified atom stereocenters. The Labute approximate surface area is 124 Å². The van der Waals surface area contributed by atoms with Gasteiger partial charge in [-0.3, -0.25) is 9.59 Å². The molecule has 0 saturated heterocycles. The van der Waals surface area contributed by atoms with Crippen LogP contribution in [0, 0.1) is 6.92 Å². The normalized spacial score (nSPS) is 10.8. The van der Waals surface area contributed by atoms with Crippen LogP contribution in [0.1, 0.15) is 16.1 Å². The van der Waals surface area contributed by atoms with E-state index in [0.29, 0.717) is 22.2 Å². The molecule has 0 aliphatic rings. The molecule has 0 atom stereocenters. The van der Waals surface area contributed by atoms with Gasteiger partial charge in [0, 0.05) is 6.54 Å². The molecule has 0 radical (unpaired) electrons. The number of hydrogen-bond acceptors (Lipinski definition) is 6. The van der Waals surface area contributed by atoms with E-state index in [1.807, 2.05) is 0 Å². The lowest BCUT2D eigenvalue weighted by Gasteiger charge is -2.06. The standard InChI is InChI=1S/C14H13N5O3/c1-9-11(8-16-22-9)13(20)15-6-7-19-14(21)10-4-2-3-5-12(10)17-18-19/h2-5,8H,6-7H2,1H3,(H,15,20). The van der Waals surface area contributed by atoms with Crippen molar-refractivity contribution in [2.45, 2.75) is 13.5 Å². The predicted molar refractivity (Wildman–Crippen MR) is 77.4 cm³/mol. The van der Waals surface area contributed by atoms with Gasteiger partial charge < -0.3 is 9.84 Å². The Kier molecular flexibility index (Phi) is 3.65. The number of hydrogen-bond donors (Lipinski definition) is 1. The second-order valence-electron chi connectivity index (χ2n) is 4.69. The van der Waals surface area contributed by atoms with Gasteiger partial charge in [-0.2, -0.15) is 0 Å². The number of nitrogens with one attached hydrogen (secondary N) is 1. The highest BCUT2D eigenvalue weighted by Gasteiger charge is 2.12. The van der Waals surface area contributed by atoms with Crippen LogP contribution in [0.5, 0.6) is 0 Å². The van der Waals surface area contributed by atoms with Crippen LogP contribution < -0.4 is 10.9 Å². The number of nitrogens with zero attached hydrogens (tertiary/aromatic N) is 4. The summed E-state index contributed by atoms with van der Waals surface area (Å²) >= 11 is 0. The van der Waals surface area contributed by atoms with E-state index in [4.69, 9.17) is 4.52 Å². The molecule has 1 amide bonds. The summed E-state index contributed by atoms with van der Waals surface area (Å²) in [5.74, 6) is 0.140. The Morgan fingerprint density at radius 1 is 1.36 bits per heavy atom. The summed E-state index contributed by atoms with van der Waals surface area (Å²) in [6.07, 6.45) is 1.35. The summed E-state index contributed by atoms with van der Waals surface area (Å²) in [7, 11) is 0. The molecule has 3 aromatic rings. The molecule has 2 heterocycles. The minimum Gasteiger partial charge on any atom is -0.361 e. The summed E-state index contributed by atoms with van der Waals surface area (Å²) in [5.41, 5.74) is 0.686. The van der Waals surface area contributed by atoms with Crippen LogP contribution in [0.25, 0.3) is 10.9 Å². The quantitative estimate of drug-likeness (QED) is 0.753. The monoisotopic (exact) mass is 299 g/mol. The molecule has 22 heavy (non-hydrogen) atoms. The van der Waals surface area contributed by atoms with E-state index in [9.17, 15) is 9.59 Å². The zero-order chi connectivity index (χ0) is 15.5. The van der Waals surface area contributed by atoms with Crippen LogP contribution in [0.4, 0.5) is 0 Å². The van der Waals surface area contributed by atoms with Gasteiger partial charge in [-0.05, 0) is 19.1 Å². The molecule has 0 bridgehead atoms. The van der Waals surface area contributed by atoms with E-state index in [0.717, 1.165) is 0 Å². The minimum absolute atomic E-state index is 0.229. The van der Waals surface area contributed by atoms with Gasteiger partial charge in [0.25, 0.3) is 11.5 Å². The molecule has 1 N–H and O–H groups in total. The van der Waals surface area contributed by atoms with Gasteiger partial charge >= 0.3 is 0 Å². The lowest BCUT2D eigenvalue weighted by atomic mass is 10.2. The van der Waals surface area contributed by atoms with Crippen molar-refractivity contribution in [3.63, 3.8) is 0 Å². The summed E-state index contributed by atoms with van der Waals surface area (Å²) < 4.78 is 6.05. The van der Waals surface area contributed by atoms with Crippen molar-refractivity contribution in [2.24, 2.45) is 0 Å². The van der Waals surface area contributed by atoms with Gasteiger partial charge in [-0.25, -0.2) is 4.68 Å². The Hall–Kier alpha value is -3.03. The van der Waals surface area contributed by atoms with Crippen molar-refractivity contribution in [1.29, 1.82) is 0 Å². The fourth-order valence-electron chi connectivity index (χ4n) is 2.06. The molecule has 0 fully saturated rings. The lowest BCUT2D eigenvalue weighted by molar-refractivity contribution is 0.0950. The molecule has 0 aliphatic carbocycles. The highest BCUT2D eigenvalue weighted by atomic mass is 16.5. The van der Waals surface area contributed by atoms with Gasteiger partial charge in [-0.1, -0.05) is 22.5 Å². The highest BCUT2D eigenvalue weighted by molar-refractivity contribution is 5.94. The van der Waals surface area contributed by atoms with Gasteiger partial charge in [0.1, 0.15) is 16.8 Å². The number of rotatable bonds is 4. The first-order valence-corrected chi connectivity index (χ1v) is 6.69. The Morgan fingerprint density at radius 2 is 2.18 bits per heavy atom. The minimum atomic E-state index is -0.305. The van der Waals surface area contributed by atoms with E-state index >= 15 is 0 Å². The zero-order valence-electron chi connectivity index (χ0n) is 11.8. The first kappa shape index (κ1) is 13.9. The van der Waals surface area contributed by atoms with E-state index in [1.165, 1.54) is 10.9 Å². The van der Waals surface area contributed by atoms with Gasteiger partial charge in [0.15, 0.2) is 0 Å². The van der Waals surface area contributed by atoms with E-state index in [1.54, 1.807) is 31.2 Å². The number of aryl methyl sites for hydroxylation is 1. The Morgan fingerprint density at radius 3 is 2.95 bits per heavy atom. The Balaban J connectivity index is 1.70. The molecule has 1 aromatic carbocycles. The first-order chi connectivity index (χ1) is 10.7. The van der Waals surface area contributed by atoms with Crippen molar-refractivity contribution in [1.82, 2.24) is 25.5 Å². The summed E-state index contributed by atoms with van der Waals surface area (Å²) in [6, 6.07) is 6.99. The van der Waals surface area contributed by atoms with Crippen LogP contribution in [0.3, 0.4) is 0 Å². The SMILES string of the molecule is Cc1oncc1C(=O)NCCn1nnc2ccccc2c1=O. The van der Waals surface area contributed by atoms with E-state index in [-0.39, 0.29) is 24.6 Å². The van der Waals surface area contributed by atoms with E-state index < -0.39 is 0 Å². The second kappa shape index (κ2) is 5.76. The fourth-order valence-corrected chi connectivity index (χ4v) is 2.06. The average molecular weight is 299 g/mol. The number of fused-ring (bicyclic) bond motifs is 1. The topological polar surface area (TPSA) is 103 Å². The molecule has 3 rings (SSSR count). The first-order valence-electron chi connectivity index (χ1n) is 6.69. The molecule has 8 nitrogen and oxygen atoms in total. The third-order valence-electron chi connectivity index (χ3n) is 3.23. The van der Waals surface area contributed by atoms with E-state index in [2.05, 4.69) is 20.8 Å². The summed E-state index contributed by atoms with van der Waals surface area (Å²) in [4.78, 5) is 24.1. The molecule has 8 heteroatoms. The maximum atomic E-state index is 12.2. The maximum absolute atomic E-state index is 12.2. The molecule has 0 aliphatic heterocycles. The number of benzene rings is 1. The maximum Gasteiger partial charge on any atom is 0.277 e. The average Bonchev–Trinajstić information content (AvgIpc) is 2.96. The molecule has 112 valence electrons. The van der Waals surface area contributed by atoms with Crippen LogP contribution >= 0.6 is 0 Å². The molecule has 0 saturated carbocycles. The van der Waals surface area contributed by atoms with Gasteiger partial charge in [0.2, 0.25) is 0 Å². The number of amides is 1. The molecule has 0 spiro atoms. The highest BCUT2D eigenvalue weighted by Crippen LogP contribution is 2.05. The van der Waals surface area contributed by atoms with Crippen LogP contribution in [-0.2, 0) is 6.54 Å². The number of carbonyl (C=O) groups is 1. The number of aromatic nitrogens is 4. The molecular weight excluding hydrogens is 286 g/mol. The third kappa shape index (κ3) is 2.58. The van der Waals surface area contributed by atoms with Crippen molar-refractivity contribution in [3.8, 4) is 0 Å². The lowest BCUT2D eigenvalue weighted by Crippen LogP contribution is -2.32. The van der Waals surface area contributed by atoms with Crippen molar-refractivity contribution < 1.29 is 9.32 Å². The summed E-state index contributed by atoms with van der Waals surface area (Å²) in [6.45, 7) is 2.13. The van der Waals surface area contributed by atoms with Crippen molar-refractivity contribution in [2.75, 3.05) is 6.54 Å². The molecule has 2 aromatic heterocycles. The van der Waals surface area contributed by atoms with Crippen LogP contribution in [0.2, 0.25) is 0 Å². The van der Waals surface area contributed by atoms with Crippen LogP contribution in [-0.4, -0.2) is 32.6 Å². The second-order valence-corrected chi connectivity index (χ2v) is 4.69. The predicted octanol–water partition coefficient (Wildman–Crippen LogP) is 0.518. The largest absolute Gasteiger partial charge is 0.361 e. The van der Waals surface area contributed by atoms with Crippen molar-refractivity contribution in [3.05, 3.63) is 52.1 Å². The van der Waals surface area contributed by atoms with Crippen molar-refractivity contribution >= 4 is 16.8 Å². The summed E-state index contributed by atoms with van der Waals surface area (Å²) in [5, 5.41) is 14.6.